The largest absolute Gasteiger partial charge is 0.393 e. The average molecular weight is 309 g/mol. The molecular formula is C21H40O. The molecule has 0 saturated heterocycles. The van der Waals surface area contributed by atoms with Crippen LogP contribution in [-0.4, -0.2) is 11.2 Å². The third kappa shape index (κ3) is 4.49. The third-order valence-corrected chi connectivity index (χ3v) is 6.96. The highest BCUT2D eigenvalue weighted by molar-refractivity contribution is 4.88. The number of hydrogen-bond acceptors (Lipinski definition) is 1. The molecule has 130 valence electrons. The molecule has 0 aromatic rings. The van der Waals surface area contributed by atoms with E-state index in [4.69, 9.17) is 0 Å². The molecule has 2 fully saturated rings. The fourth-order valence-corrected chi connectivity index (χ4v) is 5.04. The van der Waals surface area contributed by atoms with Crippen LogP contribution in [0, 0.1) is 34.5 Å². The zero-order chi connectivity index (χ0) is 16.5. The van der Waals surface area contributed by atoms with Crippen molar-refractivity contribution in [2.45, 2.75) is 99.0 Å². The summed E-state index contributed by atoms with van der Waals surface area (Å²) in [6.07, 6.45) is 10.3. The summed E-state index contributed by atoms with van der Waals surface area (Å²) in [6.45, 7) is 14.3. The minimum atomic E-state index is -0.0261. The topological polar surface area (TPSA) is 20.2 Å². The van der Waals surface area contributed by atoms with Crippen molar-refractivity contribution in [1.82, 2.24) is 0 Å². The Morgan fingerprint density at radius 3 is 1.09 bits per heavy atom. The SMILES string of the molecule is CC(C)(C)C1CCC(C(O)C2CCC(C(C)(C)C)CC2)CC1. The molecular weight excluding hydrogens is 268 g/mol. The first kappa shape index (κ1) is 18.3. The van der Waals surface area contributed by atoms with E-state index in [1.807, 2.05) is 0 Å². The predicted molar refractivity (Wildman–Crippen MR) is 95.8 cm³/mol. The van der Waals surface area contributed by atoms with Gasteiger partial charge in [0, 0.05) is 0 Å². The number of aliphatic hydroxyl groups is 1. The summed E-state index contributed by atoms with van der Waals surface area (Å²) in [5, 5.41) is 10.9. The zero-order valence-electron chi connectivity index (χ0n) is 16.0. The molecule has 0 heterocycles. The Kier molecular flexibility index (Phi) is 5.68. The van der Waals surface area contributed by atoms with Gasteiger partial charge in [-0.05, 0) is 85.9 Å². The quantitative estimate of drug-likeness (QED) is 0.658. The van der Waals surface area contributed by atoms with Crippen molar-refractivity contribution in [3.8, 4) is 0 Å². The molecule has 0 radical (unpaired) electrons. The molecule has 0 unspecified atom stereocenters. The van der Waals surface area contributed by atoms with Gasteiger partial charge in [-0.1, -0.05) is 41.5 Å². The fraction of sp³-hybridized carbons (Fsp3) is 1.00. The Morgan fingerprint density at radius 2 is 0.864 bits per heavy atom. The standard InChI is InChI=1S/C21H40O/c1-20(2,3)17-11-7-15(8-12-17)19(22)16-9-13-18(14-10-16)21(4,5)6/h15-19,22H,7-14H2,1-6H3. The molecule has 22 heavy (non-hydrogen) atoms. The summed E-state index contributed by atoms with van der Waals surface area (Å²) >= 11 is 0. The van der Waals surface area contributed by atoms with Crippen molar-refractivity contribution in [1.29, 1.82) is 0 Å². The summed E-state index contributed by atoms with van der Waals surface area (Å²) in [5.41, 5.74) is 0.890. The number of hydrogen-bond donors (Lipinski definition) is 1. The predicted octanol–water partition coefficient (Wildman–Crippen LogP) is 6.05. The van der Waals surface area contributed by atoms with Crippen LogP contribution in [0.3, 0.4) is 0 Å². The van der Waals surface area contributed by atoms with Gasteiger partial charge in [-0.3, -0.25) is 0 Å². The molecule has 0 amide bonds. The second kappa shape index (κ2) is 6.83. The van der Waals surface area contributed by atoms with Crippen LogP contribution in [0.25, 0.3) is 0 Å². The van der Waals surface area contributed by atoms with Crippen molar-refractivity contribution in [2.75, 3.05) is 0 Å². The Bertz CT molecular complexity index is 296. The van der Waals surface area contributed by atoms with Gasteiger partial charge >= 0.3 is 0 Å². The monoisotopic (exact) mass is 308 g/mol. The van der Waals surface area contributed by atoms with E-state index in [1.165, 1.54) is 51.4 Å². The highest BCUT2D eigenvalue weighted by Gasteiger charge is 2.37. The first-order valence-corrected chi connectivity index (χ1v) is 9.77. The van der Waals surface area contributed by atoms with Crippen LogP contribution >= 0.6 is 0 Å². The summed E-state index contributed by atoms with van der Waals surface area (Å²) in [4.78, 5) is 0. The fourth-order valence-electron chi connectivity index (χ4n) is 5.04. The van der Waals surface area contributed by atoms with Gasteiger partial charge in [-0.2, -0.15) is 0 Å². The third-order valence-electron chi connectivity index (χ3n) is 6.96. The molecule has 1 nitrogen and oxygen atoms in total. The maximum absolute atomic E-state index is 10.9. The lowest BCUT2D eigenvalue weighted by atomic mass is 9.64. The Labute approximate surface area is 139 Å². The second-order valence-electron chi connectivity index (χ2n) is 10.4. The first-order chi connectivity index (χ1) is 10.1. The van der Waals surface area contributed by atoms with Crippen LogP contribution < -0.4 is 0 Å². The summed E-state index contributed by atoms with van der Waals surface area (Å²) < 4.78 is 0. The van der Waals surface area contributed by atoms with E-state index in [2.05, 4.69) is 41.5 Å². The Hall–Kier alpha value is -0.0400. The minimum absolute atomic E-state index is 0.0261. The highest BCUT2D eigenvalue weighted by atomic mass is 16.3. The van der Waals surface area contributed by atoms with Crippen molar-refractivity contribution < 1.29 is 5.11 Å². The summed E-state index contributed by atoms with van der Waals surface area (Å²) in [5.74, 6) is 2.87. The van der Waals surface area contributed by atoms with Gasteiger partial charge in [0.1, 0.15) is 0 Å². The van der Waals surface area contributed by atoms with Gasteiger partial charge in [0.05, 0.1) is 6.10 Å². The highest BCUT2D eigenvalue weighted by Crippen LogP contribution is 2.45. The number of rotatable bonds is 2. The van der Waals surface area contributed by atoms with Gasteiger partial charge in [-0.15, -0.1) is 0 Å². The van der Waals surface area contributed by atoms with Gasteiger partial charge in [0.2, 0.25) is 0 Å². The molecule has 0 aromatic heterocycles. The minimum Gasteiger partial charge on any atom is -0.393 e. The normalized spacial score (nSPS) is 36.1. The van der Waals surface area contributed by atoms with E-state index in [0.29, 0.717) is 22.7 Å². The van der Waals surface area contributed by atoms with E-state index >= 15 is 0 Å². The smallest absolute Gasteiger partial charge is 0.0596 e. The van der Waals surface area contributed by atoms with E-state index in [1.54, 1.807) is 0 Å². The van der Waals surface area contributed by atoms with Crippen molar-refractivity contribution in [2.24, 2.45) is 34.5 Å². The lowest BCUT2D eigenvalue weighted by Gasteiger charge is -2.42. The molecule has 0 bridgehead atoms. The summed E-state index contributed by atoms with van der Waals surface area (Å²) in [7, 11) is 0. The maximum Gasteiger partial charge on any atom is 0.0596 e. The molecule has 2 aliphatic rings. The first-order valence-electron chi connectivity index (χ1n) is 9.77. The van der Waals surface area contributed by atoms with Crippen LogP contribution in [0.15, 0.2) is 0 Å². The van der Waals surface area contributed by atoms with Crippen molar-refractivity contribution >= 4 is 0 Å². The van der Waals surface area contributed by atoms with E-state index in [0.717, 1.165) is 11.8 Å². The van der Waals surface area contributed by atoms with Crippen LogP contribution in [0.4, 0.5) is 0 Å². The van der Waals surface area contributed by atoms with Crippen molar-refractivity contribution in [3.05, 3.63) is 0 Å². The number of aliphatic hydroxyl groups excluding tert-OH is 1. The van der Waals surface area contributed by atoms with Crippen LogP contribution in [-0.2, 0) is 0 Å². The Morgan fingerprint density at radius 1 is 0.591 bits per heavy atom. The molecule has 2 rings (SSSR count). The molecule has 2 aliphatic carbocycles. The lowest BCUT2D eigenvalue weighted by Crippen LogP contribution is -2.37. The van der Waals surface area contributed by atoms with Crippen LogP contribution in [0.5, 0.6) is 0 Å². The van der Waals surface area contributed by atoms with E-state index < -0.39 is 0 Å². The van der Waals surface area contributed by atoms with E-state index in [-0.39, 0.29) is 6.10 Å². The van der Waals surface area contributed by atoms with Crippen molar-refractivity contribution in [3.63, 3.8) is 0 Å². The molecule has 0 spiro atoms. The molecule has 1 heteroatoms. The lowest BCUT2D eigenvalue weighted by molar-refractivity contribution is -0.00953. The molecule has 2 saturated carbocycles. The second-order valence-corrected chi connectivity index (χ2v) is 10.4. The van der Waals surface area contributed by atoms with Crippen LogP contribution in [0.1, 0.15) is 92.9 Å². The molecule has 0 aliphatic heterocycles. The van der Waals surface area contributed by atoms with Gasteiger partial charge < -0.3 is 5.11 Å². The molecule has 0 aromatic carbocycles. The molecule has 1 N–H and O–H groups in total. The van der Waals surface area contributed by atoms with Gasteiger partial charge in [0.15, 0.2) is 0 Å². The van der Waals surface area contributed by atoms with E-state index in [9.17, 15) is 5.11 Å². The van der Waals surface area contributed by atoms with Crippen LogP contribution in [0.2, 0.25) is 0 Å². The average Bonchev–Trinajstić information content (AvgIpc) is 2.45. The zero-order valence-corrected chi connectivity index (χ0v) is 16.0. The molecule has 0 atom stereocenters. The summed E-state index contributed by atoms with van der Waals surface area (Å²) in [6, 6.07) is 0. The van der Waals surface area contributed by atoms with Gasteiger partial charge in [0.25, 0.3) is 0 Å². The van der Waals surface area contributed by atoms with Gasteiger partial charge in [-0.25, -0.2) is 0 Å². The Balaban J connectivity index is 1.81. The maximum atomic E-state index is 10.9.